The van der Waals surface area contributed by atoms with Crippen molar-refractivity contribution in [3.05, 3.63) is 59.7 Å². The fraction of sp³-hybridized carbons (Fsp3) is 0.348. The van der Waals surface area contributed by atoms with E-state index >= 15 is 0 Å². The van der Waals surface area contributed by atoms with Gasteiger partial charge in [0.05, 0.1) is 12.0 Å². The molecule has 2 aromatic carbocycles. The van der Waals surface area contributed by atoms with E-state index in [9.17, 15) is 31.6 Å². The number of halogens is 2. The molecular weight excluding hydrogens is 498 g/mol. The first-order valence-corrected chi connectivity index (χ1v) is 12.4. The van der Waals surface area contributed by atoms with Crippen LogP contribution in [-0.2, 0) is 25.2 Å². The van der Waals surface area contributed by atoms with Crippen molar-refractivity contribution in [3.8, 4) is 5.75 Å². The van der Waals surface area contributed by atoms with Crippen LogP contribution in [0.15, 0.2) is 47.4 Å². The molecule has 36 heavy (non-hydrogen) atoms. The number of carbonyl (C=O) groups is 3. The van der Waals surface area contributed by atoms with Gasteiger partial charge in [0.25, 0.3) is 5.91 Å². The highest BCUT2D eigenvalue weighted by Crippen LogP contribution is 2.30. The number of urea groups is 1. The fourth-order valence-electron chi connectivity index (χ4n) is 4.16. The number of nitrogens with zero attached hydrogens (tertiary/aromatic N) is 3. The largest absolute Gasteiger partial charge is 0.497 e. The highest BCUT2D eigenvalue weighted by Gasteiger charge is 2.49. The summed E-state index contributed by atoms with van der Waals surface area (Å²) in [4.78, 5) is 40.3. The molecule has 2 fully saturated rings. The molecule has 0 unspecified atom stereocenters. The molecule has 1 N–H and O–H groups in total. The number of sulfonamides is 1. The van der Waals surface area contributed by atoms with Crippen LogP contribution in [0, 0.1) is 11.6 Å². The second-order valence-electron chi connectivity index (χ2n) is 8.54. The van der Waals surface area contributed by atoms with Crippen LogP contribution in [0.5, 0.6) is 5.75 Å². The molecule has 2 aliphatic rings. The van der Waals surface area contributed by atoms with Gasteiger partial charge in [0.15, 0.2) is 11.6 Å². The molecule has 0 saturated carbocycles. The van der Waals surface area contributed by atoms with E-state index in [4.69, 9.17) is 4.74 Å². The topological polar surface area (TPSA) is 116 Å². The first-order valence-electron chi connectivity index (χ1n) is 11.0. The molecule has 2 heterocycles. The lowest BCUT2D eigenvalue weighted by Crippen LogP contribution is -2.53. The van der Waals surface area contributed by atoms with Crippen LogP contribution in [0.2, 0.25) is 0 Å². The molecule has 10 nitrogen and oxygen atoms in total. The third-order valence-electron chi connectivity index (χ3n) is 6.36. The van der Waals surface area contributed by atoms with Crippen LogP contribution >= 0.6 is 0 Å². The van der Waals surface area contributed by atoms with Gasteiger partial charge in [-0.1, -0.05) is 12.1 Å². The number of hydrogen-bond donors (Lipinski definition) is 1. The molecule has 2 aromatic rings. The lowest BCUT2D eigenvalue weighted by molar-refractivity contribution is -0.139. The minimum atomic E-state index is -4.09. The molecule has 0 spiro atoms. The molecule has 2 aliphatic heterocycles. The Morgan fingerprint density at radius 1 is 1.03 bits per heavy atom. The molecule has 13 heteroatoms. The molecule has 0 bridgehead atoms. The van der Waals surface area contributed by atoms with Gasteiger partial charge in [0.1, 0.15) is 17.8 Å². The van der Waals surface area contributed by atoms with Crippen molar-refractivity contribution in [2.45, 2.75) is 17.4 Å². The van der Waals surface area contributed by atoms with E-state index in [1.54, 1.807) is 31.2 Å². The molecule has 0 radical (unpaired) electrons. The highest BCUT2D eigenvalue weighted by atomic mass is 32.2. The Morgan fingerprint density at radius 2 is 1.67 bits per heavy atom. The summed E-state index contributed by atoms with van der Waals surface area (Å²) in [5.41, 5.74) is -0.839. The minimum absolute atomic E-state index is 0.00113. The average molecular weight is 523 g/mol. The second-order valence-corrected chi connectivity index (χ2v) is 10.5. The van der Waals surface area contributed by atoms with Crippen LogP contribution in [0.3, 0.4) is 0 Å². The molecule has 192 valence electrons. The Balaban J connectivity index is 1.40. The van der Waals surface area contributed by atoms with Crippen molar-refractivity contribution in [3.63, 3.8) is 0 Å². The van der Waals surface area contributed by atoms with Crippen molar-refractivity contribution in [2.75, 3.05) is 39.8 Å². The summed E-state index contributed by atoms with van der Waals surface area (Å²) in [5, 5.41) is 2.63. The maximum atomic E-state index is 13.5. The number of hydrogen-bond acceptors (Lipinski definition) is 6. The quantitative estimate of drug-likeness (QED) is 0.572. The van der Waals surface area contributed by atoms with Crippen LogP contribution in [0.4, 0.5) is 13.6 Å². The molecule has 4 rings (SSSR count). The number of piperazine rings is 1. The number of methoxy groups -OCH3 is 1. The van der Waals surface area contributed by atoms with Gasteiger partial charge in [0.2, 0.25) is 15.9 Å². The number of amides is 4. The normalized spacial score (nSPS) is 21.0. The summed E-state index contributed by atoms with van der Waals surface area (Å²) < 4.78 is 58.4. The van der Waals surface area contributed by atoms with Crippen molar-refractivity contribution in [1.29, 1.82) is 0 Å². The predicted molar refractivity (Wildman–Crippen MR) is 122 cm³/mol. The summed E-state index contributed by atoms with van der Waals surface area (Å²) in [7, 11) is -2.59. The molecule has 4 amide bonds. The van der Waals surface area contributed by atoms with Crippen LogP contribution in [-0.4, -0.2) is 80.2 Å². The average Bonchev–Trinajstić information content (AvgIpc) is 3.09. The van der Waals surface area contributed by atoms with E-state index in [1.807, 2.05) is 0 Å². The van der Waals surface area contributed by atoms with Crippen molar-refractivity contribution >= 4 is 27.9 Å². The molecule has 1 atom stereocenters. The Hall–Kier alpha value is -3.58. The number of imide groups is 1. The maximum absolute atomic E-state index is 13.5. The van der Waals surface area contributed by atoms with Crippen molar-refractivity contribution in [2.24, 2.45) is 0 Å². The number of nitrogens with one attached hydrogen (secondary N) is 1. The third-order valence-corrected chi connectivity index (χ3v) is 8.25. The van der Waals surface area contributed by atoms with Gasteiger partial charge < -0.3 is 15.0 Å². The standard InChI is InChI=1S/C23H24F2N4O6S/c1-23(15-3-5-16(35-2)6-4-15)21(31)29(22(32)26-23)14-20(30)27-9-11-28(12-10-27)36(33,34)17-7-8-18(24)19(25)13-17/h3-8,13H,9-12,14H2,1-2H3,(H,26,32)/t23-/m1/s1. The summed E-state index contributed by atoms with van der Waals surface area (Å²) >= 11 is 0. The third kappa shape index (κ3) is 4.51. The van der Waals surface area contributed by atoms with Crippen LogP contribution < -0.4 is 10.1 Å². The Bertz CT molecular complexity index is 1310. The van der Waals surface area contributed by atoms with E-state index in [-0.39, 0.29) is 26.2 Å². The zero-order valence-electron chi connectivity index (χ0n) is 19.5. The number of ether oxygens (including phenoxy) is 1. The molecule has 0 aliphatic carbocycles. The van der Waals surface area contributed by atoms with E-state index in [2.05, 4.69) is 5.32 Å². The van der Waals surface area contributed by atoms with Crippen molar-refractivity contribution < 1.29 is 36.3 Å². The predicted octanol–water partition coefficient (Wildman–Crippen LogP) is 1.27. The van der Waals surface area contributed by atoms with E-state index in [0.29, 0.717) is 17.4 Å². The van der Waals surface area contributed by atoms with E-state index in [1.165, 1.54) is 12.0 Å². The van der Waals surface area contributed by atoms with Crippen molar-refractivity contribution in [1.82, 2.24) is 19.4 Å². The lowest BCUT2D eigenvalue weighted by Gasteiger charge is -2.34. The Morgan fingerprint density at radius 3 is 2.25 bits per heavy atom. The van der Waals surface area contributed by atoms with Gasteiger partial charge >= 0.3 is 6.03 Å². The molecule has 2 saturated heterocycles. The monoisotopic (exact) mass is 522 g/mol. The van der Waals surface area contributed by atoms with Gasteiger partial charge in [-0.05, 0) is 42.8 Å². The number of rotatable bonds is 6. The zero-order valence-corrected chi connectivity index (χ0v) is 20.3. The maximum Gasteiger partial charge on any atom is 0.325 e. The summed E-state index contributed by atoms with van der Waals surface area (Å²) in [5.74, 6) is -2.97. The first kappa shape index (κ1) is 25.5. The van der Waals surface area contributed by atoms with E-state index < -0.39 is 56.5 Å². The smallest absolute Gasteiger partial charge is 0.325 e. The van der Waals surface area contributed by atoms with Gasteiger partial charge in [-0.2, -0.15) is 4.31 Å². The SMILES string of the molecule is COc1ccc([C@@]2(C)NC(=O)N(CC(=O)N3CCN(S(=O)(=O)c4ccc(F)c(F)c4)CC3)C2=O)cc1. The van der Waals surface area contributed by atoms with Crippen LogP contribution in [0.25, 0.3) is 0 Å². The Labute approximate surface area is 206 Å². The zero-order chi connectivity index (χ0) is 26.3. The highest BCUT2D eigenvalue weighted by molar-refractivity contribution is 7.89. The molecule has 0 aromatic heterocycles. The number of carbonyl (C=O) groups excluding carboxylic acids is 3. The first-order chi connectivity index (χ1) is 17.0. The van der Waals surface area contributed by atoms with Crippen LogP contribution in [0.1, 0.15) is 12.5 Å². The second kappa shape index (κ2) is 9.47. The summed E-state index contributed by atoms with van der Waals surface area (Å²) in [6.07, 6.45) is 0. The number of benzene rings is 2. The van der Waals surface area contributed by atoms with Gasteiger partial charge in [-0.15, -0.1) is 0 Å². The molecular formula is C23H24F2N4O6S. The summed E-state index contributed by atoms with van der Waals surface area (Å²) in [6, 6.07) is 8.21. The minimum Gasteiger partial charge on any atom is -0.497 e. The van der Waals surface area contributed by atoms with Gasteiger partial charge in [-0.25, -0.2) is 22.0 Å². The van der Waals surface area contributed by atoms with Gasteiger partial charge in [0, 0.05) is 26.2 Å². The summed E-state index contributed by atoms with van der Waals surface area (Å²) in [6.45, 7) is 0.865. The fourth-order valence-corrected chi connectivity index (χ4v) is 5.59. The van der Waals surface area contributed by atoms with Gasteiger partial charge in [-0.3, -0.25) is 14.5 Å². The van der Waals surface area contributed by atoms with E-state index in [0.717, 1.165) is 21.3 Å². The Kier molecular flexibility index (Phi) is 6.71. The lowest BCUT2D eigenvalue weighted by atomic mass is 9.92.